The van der Waals surface area contributed by atoms with E-state index in [0.29, 0.717) is 0 Å². The van der Waals surface area contributed by atoms with Crippen LogP contribution in [0.3, 0.4) is 0 Å². The van der Waals surface area contributed by atoms with Gasteiger partial charge in [-0.1, -0.05) is 41.9 Å². The highest BCUT2D eigenvalue weighted by Gasteiger charge is 1.78. The standard InChI is InChI=1S/C11H12BN/c1-13-11-8-4-2-3-6-10(12)7-5-9-11/h2-9,13H,1H3. The van der Waals surface area contributed by atoms with Gasteiger partial charge in [0.15, 0.2) is 0 Å². The third-order valence-corrected chi connectivity index (χ3v) is 1.64. The molecule has 0 saturated heterocycles. The van der Waals surface area contributed by atoms with E-state index in [4.69, 9.17) is 7.85 Å². The second-order valence-corrected chi connectivity index (χ2v) is 2.64. The van der Waals surface area contributed by atoms with Crippen molar-refractivity contribution in [3.63, 3.8) is 0 Å². The molecule has 0 spiro atoms. The van der Waals surface area contributed by atoms with Gasteiger partial charge in [-0.05, 0) is 12.1 Å². The fourth-order valence-electron chi connectivity index (χ4n) is 0.931. The van der Waals surface area contributed by atoms with E-state index in [0.717, 1.165) is 11.2 Å². The Morgan fingerprint density at radius 2 is 1.54 bits per heavy atom. The Balaban J connectivity index is 3.16. The van der Waals surface area contributed by atoms with Crippen LogP contribution in [0.5, 0.6) is 0 Å². The molecular formula is C11H12BN. The quantitative estimate of drug-likeness (QED) is 0.630. The topological polar surface area (TPSA) is 12.0 Å². The lowest BCUT2D eigenvalue weighted by Gasteiger charge is -1.93. The Morgan fingerprint density at radius 1 is 0.923 bits per heavy atom. The van der Waals surface area contributed by atoms with Crippen LogP contribution < -0.4 is 10.8 Å². The fraction of sp³-hybridized carbons (Fsp3) is 0.0909. The molecule has 0 saturated carbocycles. The largest absolute Gasteiger partial charge is 0.388 e. The van der Waals surface area contributed by atoms with Gasteiger partial charge >= 0.3 is 0 Å². The van der Waals surface area contributed by atoms with Gasteiger partial charge in [0.05, 0.1) is 0 Å². The van der Waals surface area contributed by atoms with E-state index in [2.05, 4.69) is 5.32 Å². The minimum absolute atomic E-state index is 0.748. The van der Waals surface area contributed by atoms with Crippen molar-refractivity contribution < 1.29 is 0 Å². The van der Waals surface area contributed by atoms with Crippen molar-refractivity contribution in [1.29, 1.82) is 0 Å². The lowest BCUT2D eigenvalue weighted by atomic mass is 9.98. The van der Waals surface area contributed by atoms with Crippen LogP contribution in [-0.4, -0.2) is 14.9 Å². The molecule has 0 heterocycles. The van der Waals surface area contributed by atoms with Gasteiger partial charge in [-0.25, -0.2) is 0 Å². The summed E-state index contributed by atoms with van der Waals surface area (Å²) in [5.41, 5.74) is 1.80. The molecule has 0 amide bonds. The predicted octanol–water partition coefficient (Wildman–Crippen LogP) is 1.65. The Labute approximate surface area is 80.5 Å². The van der Waals surface area contributed by atoms with E-state index in [-0.39, 0.29) is 0 Å². The molecule has 1 rings (SSSR count). The van der Waals surface area contributed by atoms with Gasteiger partial charge in [0, 0.05) is 12.7 Å². The third kappa shape index (κ3) is 3.65. The molecular weight excluding hydrogens is 157 g/mol. The Bertz CT molecular complexity index is 322. The van der Waals surface area contributed by atoms with Gasteiger partial charge in [-0.15, -0.1) is 0 Å². The Hall–Kier alpha value is -1.44. The van der Waals surface area contributed by atoms with Crippen molar-refractivity contribution in [3.05, 3.63) is 48.5 Å². The van der Waals surface area contributed by atoms with E-state index in [1.807, 2.05) is 55.6 Å². The summed E-state index contributed by atoms with van der Waals surface area (Å²) < 4.78 is 0. The molecule has 0 fully saturated rings. The maximum absolute atomic E-state index is 5.66. The van der Waals surface area contributed by atoms with E-state index in [9.17, 15) is 0 Å². The van der Waals surface area contributed by atoms with Crippen LogP contribution in [0.2, 0.25) is 0 Å². The molecule has 0 bridgehead atoms. The van der Waals surface area contributed by atoms with Crippen molar-refractivity contribution in [3.8, 4) is 0 Å². The Morgan fingerprint density at radius 3 is 2.31 bits per heavy atom. The zero-order valence-electron chi connectivity index (χ0n) is 7.70. The normalized spacial score (nSPS) is 8.69. The highest BCUT2D eigenvalue weighted by atomic mass is 14.8. The average molecular weight is 169 g/mol. The zero-order valence-corrected chi connectivity index (χ0v) is 7.70. The maximum Gasteiger partial charge on any atom is 0.113 e. The molecule has 0 aliphatic carbocycles. The van der Waals surface area contributed by atoms with E-state index in [1.54, 1.807) is 0 Å². The minimum atomic E-state index is 0.748. The highest BCUT2D eigenvalue weighted by molar-refractivity contribution is 6.32. The van der Waals surface area contributed by atoms with Gasteiger partial charge in [-0.3, -0.25) is 0 Å². The third-order valence-electron chi connectivity index (χ3n) is 1.64. The summed E-state index contributed by atoms with van der Waals surface area (Å²) in [5.74, 6) is 0. The smallest absolute Gasteiger partial charge is 0.113 e. The summed E-state index contributed by atoms with van der Waals surface area (Å²) in [5, 5.41) is 3.06. The first-order chi connectivity index (χ1) is 6.33. The first kappa shape index (κ1) is 9.65. The van der Waals surface area contributed by atoms with Crippen molar-refractivity contribution in [2.45, 2.75) is 0 Å². The molecule has 2 radical (unpaired) electrons. The van der Waals surface area contributed by atoms with Crippen LogP contribution in [0.1, 0.15) is 0 Å². The van der Waals surface area contributed by atoms with E-state index < -0.39 is 0 Å². The number of rotatable bonds is 1. The summed E-state index contributed by atoms with van der Waals surface area (Å²) in [6.45, 7) is 0. The molecule has 0 aliphatic heterocycles. The molecule has 0 atom stereocenters. The SMILES string of the molecule is [B]c1cccccc(NC)ccc1. The molecule has 64 valence electrons. The number of anilines is 1. The molecule has 0 aromatic heterocycles. The van der Waals surface area contributed by atoms with Crippen LogP contribution in [0.4, 0.5) is 5.69 Å². The van der Waals surface area contributed by atoms with Crippen molar-refractivity contribution in [1.82, 2.24) is 0 Å². The molecule has 2 heteroatoms. The number of hydrogen-bond donors (Lipinski definition) is 1. The zero-order chi connectivity index (χ0) is 9.52. The summed E-state index contributed by atoms with van der Waals surface area (Å²) in [7, 11) is 7.55. The van der Waals surface area contributed by atoms with Crippen molar-refractivity contribution in [2.75, 3.05) is 12.4 Å². The molecule has 1 aromatic carbocycles. The lowest BCUT2D eigenvalue weighted by Crippen LogP contribution is -1.96. The van der Waals surface area contributed by atoms with Gasteiger partial charge in [0.1, 0.15) is 7.85 Å². The monoisotopic (exact) mass is 169 g/mol. The second-order valence-electron chi connectivity index (χ2n) is 2.64. The van der Waals surface area contributed by atoms with Gasteiger partial charge < -0.3 is 5.32 Å². The van der Waals surface area contributed by atoms with Gasteiger partial charge in [0.25, 0.3) is 0 Å². The van der Waals surface area contributed by atoms with Crippen molar-refractivity contribution >= 4 is 19.0 Å². The summed E-state index contributed by atoms with van der Waals surface area (Å²) >= 11 is 0. The lowest BCUT2D eigenvalue weighted by molar-refractivity contribution is 1.53. The van der Waals surface area contributed by atoms with Crippen molar-refractivity contribution in [2.24, 2.45) is 0 Å². The molecule has 1 N–H and O–H groups in total. The minimum Gasteiger partial charge on any atom is -0.388 e. The summed E-state index contributed by atoms with van der Waals surface area (Å²) in [4.78, 5) is 0. The van der Waals surface area contributed by atoms with Crippen LogP contribution in [0.25, 0.3) is 0 Å². The number of nitrogens with one attached hydrogen (secondary N) is 1. The fourth-order valence-corrected chi connectivity index (χ4v) is 0.931. The first-order valence-electron chi connectivity index (χ1n) is 4.19. The first-order valence-corrected chi connectivity index (χ1v) is 4.19. The number of hydrogen-bond acceptors (Lipinski definition) is 1. The maximum atomic E-state index is 5.66. The Kier molecular flexibility index (Phi) is 3.90. The molecule has 0 unspecified atom stereocenters. The summed E-state index contributed by atoms with van der Waals surface area (Å²) in [6, 6.07) is 15.4. The van der Waals surface area contributed by atoms with Gasteiger partial charge in [-0.2, -0.15) is 0 Å². The van der Waals surface area contributed by atoms with E-state index >= 15 is 0 Å². The summed E-state index contributed by atoms with van der Waals surface area (Å²) in [6.07, 6.45) is 0. The van der Waals surface area contributed by atoms with Gasteiger partial charge in [0.2, 0.25) is 0 Å². The molecule has 13 heavy (non-hydrogen) atoms. The molecule has 1 aromatic rings. The highest BCUT2D eigenvalue weighted by Crippen LogP contribution is 1.98. The van der Waals surface area contributed by atoms with Crippen LogP contribution in [-0.2, 0) is 0 Å². The predicted molar refractivity (Wildman–Crippen MR) is 59.0 cm³/mol. The molecule has 0 aliphatic rings. The molecule has 1 nitrogen and oxygen atoms in total. The average Bonchev–Trinajstić information content (AvgIpc) is 2.15. The van der Waals surface area contributed by atoms with Crippen LogP contribution in [0, 0.1) is 0 Å². The second kappa shape index (κ2) is 5.25. The van der Waals surface area contributed by atoms with Crippen LogP contribution >= 0.6 is 0 Å². The van der Waals surface area contributed by atoms with Crippen LogP contribution in [0.15, 0.2) is 48.5 Å². The van der Waals surface area contributed by atoms with E-state index in [1.165, 1.54) is 0 Å².